The fraction of sp³-hybridized carbons (Fsp3) is 0.214. The minimum absolute atomic E-state index is 0.0288. The van der Waals surface area contributed by atoms with Crippen LogP contribution in [0.4, 0.5) is 25.8 Å². The second-order valence-corrected chi connectivity index (χ2v) is 5.01. The molecule has 25 heavy (non-hydrogen) atoms. The van der Waals surface area contributed by atoms with Crippen LogP contribution in [0.2, 0.25) is 0 Å². The highest BCUT2D eigenvalue weighted by Crippen LogP contribution is 2.23. The Morgan fingerprint density at radius 1 is 1.24 bits per heavy atom. The van der Waals surface area contributed by atoms with Crippen LogP contribution in [0, 0.1) is 21.7 Å². The van der Waals surface area contributed by atoms with Crippen molar-refractivity contribution in [2.75, 3.05) is 10.6 Å². The van der Waals surface area contributed by atoms with Crippen molar-refractivity contribution in [2.45, 2.75) is 19.9 Å². The van der Waals surface area contributed by atoms with Gasteiger partial charge in [0.1, 0.15) is 24.0 Å². The minimum atomic E-state index is -1.00. The molecule has 0 saturated carbocycles. The van der Waals surface area contributed by atoms with Gasteiger partial charge in [-0.3, -0.25) is 24.4 Å². The Bertz CT molecular complexity index is 837. The van der Waals surface area contributed by atoms with E-state index in [0.717, 1.165) is 25.4 Å². The summed E-state index contributed by atoms with van der Waals surface area (Å²) in [6, 6.07) is 1.50. The quantitative estimate of drug-likeness (QED) is 0.608. The number of halogens is 2. The summed E-state index contributed by atoms with van der Waals surface area (Å²) >= 11 is 0. The third-order valence-electron chi connectivity index (χ3n) is 3.04. The summed E-state index contributed by atoms with van der Waals surface area (Å²) in [5.41, 5.74) is -0.793. The van der Waals surface area contributed by atoms with E-state index in [2.05, 4.69) is 15.7 Å². The number of nitrogens with zero attached hydrogens (tertiary/aromatic N) is 3. The molecule has 9 nitrogen and oxygen atoms in total. The molecule has 1 aromatic heterocycles. The summed E-state index contributed by atoms with van der Waals surface area (Å²) in [6.07, 6.45) is 2.04. The smallest absolute Gasteiger partial charge is 0.306 e. The number of rotatable bonds is 6. The lowest BCUT2D eigenvalue weighted by Crippen LogP contribution is -2.16. The number of hydrogen-bond acceptors (Lipinski definition) is 5. The molecule has 2 amide bonds. The molecule has 0 aliphatic carbocycles. The molecule has 0 aliphatic heterocycles. The molecule has 2 rings (SSSR count). The van der Waals surface area contributed by atoms with Gasteiger partial charge in [-0.15, -0.1) is 0 Å². The summed E-state index contributed by atoms with van der Waals surface area (Å²) < 4.78 is 28.5. The number of amides is 2. The van der Waals surface area contributed by atoms with Crippen molar-refractivity contribution in [1.29, 1.82) is 0 Å². The van der Waals surface area contributed by atoms with E-state index < -0.39 is 28.4 Å². The van der Waals surface area contributed by atoms with Gasteiger partial charge >= 0.3 is 5.69 Å². The molecule has 132 valence electrons. The van der Waals surface area contributed by atoms with E-state index in [0.29, 0.717) is 6.07 Å². The van der Waals surface area contributed by atoms with Gasteiger partial charge < -0.3 is 10.6 Å². The largest absolute Gasteiger partial charge is 0.324 e. The van der Waals surface area contributed by atoms with Crippen LogP contribution in [0.25, 0.3) is 0 Å². The van der Waals surface area contributed by atoms with Crippen LogP contribution in [-0.4, -0.2) is 26.5 Å². The van der Waals surface area contributed by atoms with E-state index in [1.807, 2.05) is 0 Å². The zero-order valence-corrected chi connectivity index (χ0v) is 13.0. The maximum Gasteiger partial charge on any atom is 0.306 e. The monoisotopic (exact) mass is 353 g/mol. The molecular weight excluding hydrogens is 340 g/mol. The molecule has 1 aromatic carbocycles. The normalized spacial score (nSPS) is 10.4. The number of carbonyl (C=O) groups is 2. The van der Waals surface area contributed by atoms with Crippen LogP contribution >= 0.6 is 0 Å². The standard InChI is InChI=1S/C14H13F2N5O4/c1-8(22)18-12-5-13(11(16)4-10(12)15)19-14(23)2-3-20-7-9(6-17-20)21(24)25/h4-7H,2-3H2,1H3,(H,18,22)(H,19,23). The molecule has 1 heterocycles. The third kappa shape index (κ3) is 4.80. The molecule has 0 aliphatic rings. The highest BCUT2D eigenvalue weighted by Gasteiger charge is 2.14. The number of aryl methyl sites for hydroxylation is 1. The lowest BCUT2D eigenvalue weighted by molar-refractivity contribution is -0.385. The van der Waals surface area contributed by atoms with Crippen LogP contribution < -0.4 is 10.6 Å². The number of anilines is 2. The van der Waals surface area contributed by atoms with Crippen molar-refractivity contribution in [1.82, 2.24) is 9.78 Å². The van der Waals surface area contributed by atoms with Gasteiger partial charge in [0.25, 0.3) is 0 Å². The zero-order valence-electron chi connectivity index (χ0n) is 13.0. The first-order valence-corrected chi connectivity index (χ1v) is 6.99. The molecule has 2 aromatic rings. The van der Waals surface area contributed by atoms with Gasteiger partial charge in [0.15, 0.2) is 0 Å². The number of hydrogen-bond donors (Lipinski definition) is 2. The second kappa shape index (κ2) is 7.47. The minimum Gasteiger partial charge on any atom is -0.324 e. The molecule has 11 heteroatoms. The average molecular weight is 353 g/mol. The Kier molecular flexibility index (Phi) is 5.37. The Balaban J connectivity index is 2.01. The van der Waals surface area contributed by atoms with Gasteiger partial charge in [0.2, 0.25) is 11.8 Å². The maximum atomic E-state index is 13.7. The number of carbonyl (C=O) groups excluding carboxylic acids is 2. The fourth-order valence-corrected chi connectivity index (χ4v) is 1.93. The first-order valence-electron chi connectivity index (χ1n) is 6.99. The fourth-order valence-electron chi connectivity index (χ4n) is 1.93. The molecule has 0 saturated heterocycles. The van der Waals surface area contributed by atoms with Crippen LogP contribution in [0.1, 0.15) is 13.3 Å². The Hall–Kier alpha value is -3.37. The van der Waals surface area contributed by atoms with Crippen LogP contribution in [0.3, 0.4) is 0 Å². The first-order chi connectivity index (χ1) is 11.8. The predicted molar refractivity (Wildman–Crippen MR) is 82.8 cm³/mol. The zero-order chi connectivity index (χ0) is 18.6. The predicted octanol–water partition coefficient (Wildman–Crippen LogP) is 2.06. The van der Waals surface area contributed by atoms with Gasteiger partial charge in [-0.25, -0.2) is 8.78 Å². The van der Waals surface area contributed by atoms with Crippen molar-refractivity contribution >= 4 is 28.9 Å². The lowest BCUT2D eigenvalue weighted by Gasteiger charge is -2.10. The van der Waals surface area contributed by atoms with Gasteiger partial charge in [-0.1, -0.05) is 0 Å². The van der Waals surface area contributed by atoms with Crippen molar-refractivity contribution in [3.05, 3.63) is 46.3 Å². The molecule has 2 N–H and O–H groups in total. The molecular formula is C14H13F2N5O4. The van der Waals surface area contributed by atoms with Gasteiger partial charge in [-0.2, -0.15) is 5.10 Å². The van der Waals surface area contributed by atoms with Crippen LogP contribution in [-0.2, 0) is 16.1 Å². The lowest BCUT2D eigenvalue weighted by atomic mass is 10.2. The molecule has 0 atom stereocenters. The van der Waals surface area contributed by atoms with E-state index in [-0.39, 0.29) is 30.0 Å². The second-order valence-electron chi connectivity index (χ2n) is 5.01. The molecule has 0 spiro atoms. The van der Waals surface area contributed by atoms with Gasteiger partial charge in [0.05, 0.1) is 16.3 Å². The summed E-state index contributed by atoms with van der Waals surface area (Å²) in [5.74, 6) is -3.15. The van der Waals surface area contributed by atoms with Crippen molar-refractivity contribution < 1.29 is 23.3 Å². The number of nitrogens with one attached hydrogen (secondary N) is 2. The van der Waals surface area contributed by atoms with Crippen LogP contribution in [0.5, 0.6) is 0 Å². The Labute approximate surface area is 139 Å². The van der Waals surface area contributed by atoms with Crippen molar-refractivity contribution in [3.8, 4) is 0 Å². The highest BCUT2D eigenvalue weighted by molar-refractivity contribution is 5.93. The van der Waals surface area contributed by atoms with Crippen molar-refractivity contribution in [3.63, 3.8) is 0 Å². The van der Waals surface area contributed by atoms with E-state index in [1.54, 1.807) is 0 Å². The Morgan fingerprint density at radius 2 is 1.88 bits per heavy atom. The number of benzene rings is 1. The number of nitro groups is 1. The van der Waals surface area contributed by atoms with Crippen LogP contribution in [0.15, 0.2) is 24.5 Å². The topological polar surface area (TPSA) is 119 Å². The summed E-state index contributed by atoms with van der Waals surface area (Å²) in [4.78, 5) is 32.8. The van der Waals surface area contributed by atoms with Gasteiger partial charge in [0, 0.05) is 26.0 Å². The summed E-state index contributed by atoms with van der Waals surface area (Å²) in [5, 5.41) is 18.7. The average Bonchev–Trinajstić information content (AvgIpc) is 2.99. The highest BCUT2D eigenvalue weighted by atomic mass is 19.1. The van der Waals surface area contributed by atoms with E-state index in [4.69, 9.17) is 0 Å². The summed E-state index contributed by atoms with van der Waals surface area (Å²) in [6.45, 7) is 1.19. The van der Waals surface area contributed by atoms with E-state index in [1.165, 1.54) is 4.68 Å². The third-order valence-corrected chi connectivity index (χ3v) is 3.04. The molecule has 0 bridgehead atoms. The maximum absolute atomic E-state index is 13.7. The van der Waals surface area contributed by atoms with Gasteiger partial charge in [-0.05, 0) is 6.07 Å². The van der Waals surface area contributed by atoms with E-state index in [9.17, 15) is 28.5 Å². The molecule has 0 unspecified atom stereocenters. The molecule has 0 fully saturated rings. The van der Waals surface area contributed by atoms with Crippen molar-refractivity contribution in [2.24, 2.45) is 0 Å². The first kappa shape index (κ1) is 18.0. The van der Waals surface area contributed by atoms with E-state index >= 15 is 0 Å². The number of aromatic nitrogens is 2. The SMILES string of the molecule is CC(=O)Nc1cc(NC(=O)CCn2cc([N+](=O)[O-])cn2)c(F)cc1F. The summed E-state index contributed by atoms with van der Waals surface area (Å²) in [7, 11) is 0. The Morgan fingerprint density at radius 3 is 2.44 bits per heavy atom. The molecule has 0 radical (unpaired) electrons.